The van der Waals surface area contributed by atoms with Gasteiger partial charge in [0.15, 0.2) is 11.3 Å². The molecule has 0 aromatic carbocycles. The number of isocyanates is 4. The maximum absolute atomic E-state index is 10.5. The van der Waals surface area contributed by atoms with E-state index in [9.17, 15) is 19.2 Å². The molecule has 0 spiro atoms. The van der Waals surface area contributed by atoms with Crippen LogP contribution >= 0.6 is 0 Å². The van der Waals surface area contributed by atoms with Crippen molar-refractivity contribution in [3.8, 4) is 0 Å². The van der Waals surface area contributed by atoms with E-state index in [-0.39, 0.29) is 12.8 Å². The zero-order valence-corrected chi connectivity index (χ0v) is 21.9. The molecular weight excluding hydrogens is 480 g/mol. The minimum absolute atomic E-state index is 0.245. The predicted octanol–water partition coefficient (Wildman–Crippen LogP) is 6.42. The van der Waals surface area contributed by atoms with E-state index >= 15 is 0 Å². The fourth-order valence-electron chi connectivity index (χ4n) is 5.83. The summed E-state index contributed by atoms with van der Waals surface area (Å²) in [6.07, 6.45) is 33.7. The van der Waals surface area contributed by atoms with Gasteiger partial charge in [0.25, 0.3) is 0 Å². The lowest BCUT2D eigenvalue weighted by Gasteiger charge is -2.28. The monoisotopic (exact) mass is 516 g/mol. The molecule has 4 rings (SSSR count). The normalized spacial score (nSPS) is 27.1. The molecule has 4 aliphatic rings. The molecule has 8 heteroatoms. The maximum atomic E-state index is 10.5. The highest BCUT2D eigenvalue weighted by atomic mass is 16.1. The Kier molecular flexibility index (Phi) is 11.5. The largest absolute Gasteiger partial charge is 0.237 e. The molecule has 4 aliphatic carbocycles. The topological polar surface area (TPSA) is 118 Å². The molecule has 0 saturated heterocycles. The summed E-state index contributed by atoms with van der Waals surface area (Å²) in [6.45, 7) is 0. The molecule has 200 valence electrons. The first-order valence-electron chi connectivity index (χ1n) is 13.7. The van der Waals surface area contributed by atoms with Gasteiger partial charge in [-0.25, -0.2) is 19.2 Å². The second-order valence-corrected chi connectivity index (χ2v) is 10.6. The second-order valence-electron chi connectivity index (χ2n) is 10.6. The van der Waals surface area contributed by atoms with Crippen LogP contribution in [-0.4, -0.2) is 35.6 Å². The van der Waals surface area contributed by atoms with E-state index in [4.69, 9.17) is 0 Å². The number of hydrogen-bond acceptors (Lipinski definition) is 8. The van der Waals surface area contributed by atoms with E-state index in [1.165, 1.54) is 62.8 Å². The first kappa shape index (κ1) is 29.0. The van der Waals surface area contributed by atoms with Crippen molar-refractivity contribution in [2.24, 2.45) is 31.8 Å². The van der Waals surface area contributed by atoms with Crippen LogP contribution < -0.4 is 0 Å². The van der Waals surface area contributed by atoms with Gasteiger partial charge in [0.1, 0.15) is 0 Å². The van der Waals surface area contributed by atoms with Crippen molar-refractivity contribution < 1.29 is 19.2 Å². The SMILES string of the molecule is C1CCC(CC2CCCCC2)CC1.O=C=NC1(N=C=O)C=CC(CC2=CCC(N=C=O)(N=C=O)C=C2)=CC1. The first-order chi connectivity index (χ1) is 18.6. The van der Waals surface area contributed by atoms with E-state index < -0.39 is 11.3 Å². The summed E-state index contributed by atoms with van der Waals surface area (Å²) in [5.41, 5.74) is -0.676. The Morgan fingerprint density at radius 1 is 0.605 bits per heavy atom. The van der Waals surface area contributed by atoms with E-state index in [0.717, 1.165) is 23.0 Å². The summed E-state index contributed by atoms with van der Waals surface area (Å²) in [7, 11) is 0. The standard InChI is InChI=1S/C17H12N4O4.C13H24/c22-10-18-16(19-11-23)5-1-14(2-6-16)9-15-3-7-17(8-4-15,20-12-24)21-13-25;1-3-7-12(8-4-1)11-13-9-5-2-6-10-13/h1-5,7H,6,8-9H2;12-13H,1-11H2. The van der Waals surface area contributed by atoms with Crippen LogP contribution in [0.1, 0.15) is 89.9 Å². The van der Waals surface area contributed by atoms with Crippen molar-refractivity contribution in [3.05, 3.63) is 47.6 Å². The number of hydrogen-bond donors (Lipinski definition) is 0. The molecule has 0 aromatic rings. The highest BCUT2D eigenvalue weighted by Gasteiger charge is 2.29. The quantitative estimate of drug-likeness (QED) is 0.273. The van der Waals surface area contributed by atoms with Crippen molar-refractivity contribution in [3.63, 3.8) is 0 Å². The molecule has 0 radical (unpaired) electrons. The fraction of sp³-hybridized carbons (Fsp3) is 0.600. The Morgan fingerprint density at radius 2 is 0.974 bits per heavy atom. The molecular formula is C30H36N4O4. The molecule has 0 N–H and O–H groups in total. The van der Waals surface area contributed by atoms with Crippen molar-refractivity contribution >= 4 is 24.3 Å². The van der Waals surface area contributed by atoms with Gasteiger partial charge >= 0.3 is 0 Å². The zero-order chi connectivity index (χ0) is 27.1. The minimum atomic E-state index is -1.27. The van der Waals surface area contributed by atoms with Gasteiger partial charge in [-0.05, 0) is 48.0 Å². The third kappa shape index (κ3) is 8.80. The number of aliphatic imine (C=N–C) groups is 4. The highest BCUT2D eigenvalue weighted by molar-refractivity contribution is 5.47. The van der Waals surface area contributed by atoms with Gasteiger partial charge in [-0.2, -0.15) is 20.0 Å². The smallest absolute Gasteiger partial charge is 0.211 e. The predicted molar refractivity (Wildman–Crippen MR) is 144 cm³/mol. The summed E-state index contributed by atoms with van der Waals surface area (Å²) in [5.74, 6) is 2.24. The Bertz CT molecular complexity index is 1000. The third-order valence-electron chi connectivity index (χ3n) is 7.94. The Morgan fingerprint density at radius 3 is 1.26 bits per heavy atom. The van der Waals surface area contributed by atoms with Crippen molar-refractivity contribution in [2.45, 2.75) is 101 Å². The number of allylic oxidation sites excluding steroid dienone is 4. The molecule has 2 fully saturated rings. The number of rotatable bonds is 8. The van der Waals surface area contributed by atoms with Crippen LogP contribution in [0.15, 0.2) is 67.6 Å². The molecule has 0 amide bonds. The van der Waals surface area contributed by atoms with Crippen molar-refractivity contribution in [1.29, 1.82) is 0 Å². The van der Waals surface area contributed by atoms with Gasteiger partial charge in [-0.15, -0.1) is 0 Å². The maximum Gasteiger partial charge on any atom is 0.237 e. The first-order valence-corrected chi connectivity index (χ1v) is 13.7. The molecule has 0 aliphatic heterocycles. The molecule has 0 aromatic heterocycles. The number of nitrogens with zero attached hydrogens (tertiary/aromatic N) is 4. The lowest BCUT2D eigenvalue weighted by molar-refractivity contribution is 0.244. The molecule has 38 heavy (non-hydrogen) atoms. The summed E-state index contributed by atoms with van der Waals surface area (Å²) >= 11 is 0. The van der Waals surface area contributed by atoms with Crippen LogP contribution in [0.4, 0.5) is 0 Å². The van der Waals surface area contributed by atoms with Crippen molar-refractivity contribution in [1.82, 2.24) is 0 Å². The molecule has 8 nitrogen and oxygen atoms in total. The van der Waals surface area contributed by atoms with Gasteiger partial charge in [0.2, 0.25) is 24.3 Å². The van der Waals surface area contributed by atoms with Crippen LogP contribution in [0.3, 0.4) is 0 Å². The molecule has 0 atom stereocenters. The molecule has 0 heterocycles. The lowest BCUT2D eigenvalue weighted by atomic mass is 9.78. The highest BCUT2D eigenvalue weighted by Crippen LogP contribution is 2.35. The van der Waals surface area contributed by atoms with Gasteiger partial charge < -0.3 is 0 Å². The summed E-state index contributed by atoms with van der Waals surface area (Å²) in [6, 6.07) is 0. The Balaban J connectivity index is 0.000000256. The average molecular weight is 517 g/mol. The third-order valence-corrected chi connectivity index (χ3v) is 7.94. The number of carbonyl (C=O) groups excluding carboxylic acids is 4. The summed E-state index contributed by atoms with van der Waals surface area (Å²) in [4.78, 5) is 56.2. The van der Waals surface area contributed by atoms with Gasteiger partial charge in [-0.3, -0.25) is 0 Å². The fourth-order valence-corrected chi connectivity index (χ4v) is 5.83. The molecule has 2 saturated carbocycles. The zero-order valence-electron chi connectivity index (χ0n) is 21.9. The van der Waals surface area contributed by atoms with Crippen LogP contribution in [0.5, 0.6) is 0 Å². The second kappa shape index (κ2) is 15.0. The summed E-state index contributed by atoms with van der Waals surface area (Å²) in [5, 5.41) is 0. The van der Waals surface area contributed by atoms with E-state index in [0.29, 0.717) is 6.42 Å². The Labute approximate surface area is 224 Å². The minimum Gasteiger partial charge on any atom is -0.211 e. The van der Waals surface area contributed by atoms with Gasteiger partial charge in [0, 0.05) is 12.8 Å². The van der Waals surface area contributed by atoms with Crippen LogP contribution in [0.2, 0.25) is 0 Å². The average Bonchev–Trinajstić information content (AvgIpc) is 2.94. The summed E-state index contributed by atoms with van der Waals surface area (Å²) < 4.78 is 0. The van der Waals surface area contributed by atoms with Gasteiger partial charge in [0.05, 0.1) is 0 Å². The van der Waals surface area contributed by atoms with Gasteiger partial charge in [-0.1, -0.05) is 88.5 Å². The van der Waals surface area contributed by atoms with Crippen LogP contribution in [-0.2, 0) is 19.2 Å². The van der Waals surface area contributed by atoms with Crippen LogP contribution in [0, 0.1) is 11.8 Å². The Hall–Kier alpha value is -3.52. The van der Waals surface area contributed by atoms with E-state index in [2.05, 4.69) is 20.0 Å². The van der Waals surface area contributed by atoms with E-state index in [1.807, 2.05) is 12.2 Å². The molecule has 0 unspecified atom stereocenters. The van der Waals surface area contributed by atoms with Crippen LogP contribution in [0.25, 0.3) is 0 Å². The molecule has 0 bridgehead atoms. The van der Waals surface area contributed by atoms with Crippen molar-refractivity contribution in [2.75, 3.05) is 0 Å². The lowest BCUT2D eigenvalue weighted by Crippen LogP contribution is -2.22. The van der Waals surface area contributed by atoms with E-state index in [1.54, 1.807) is 56.4 Å².